The van der Waals surface area contributed by atoms with Gasteiger partial charge in [0, 0.05) is 33.7 Å². The third-order valence-electron chi connectivity index (χ3n) is 4.35. The second-order valence-corrected chi connectivity index (χ2v) is 6.60. The van der Waals surface area contributed by atoms with E-state index < -0.39 is 0 Å². The highest BCUT2D eigenvalue weighted by atomic mass is 127. The summed E-state index contributed by atoms with van der Waals surface area (Å²) in [5, 5.41) is 3.53. The van der Waals surface area contributed by atoms with Crippen LogP contribution >= 0.6 is 24.0 Å². The first kappa shape index (κ1) is 22.7. The molecule has 0 aromatic rings. The van der Waals surface area contributed by atoms with E-state index in [1.165, 1.54) is 51.7 Å². The van der Waals surface area contributed by atoms with Crippen LogP contribution in [0, 0.1) is 5.92 Å². The Morgan fingerprint density at radius 1 is 1.30 bits per heavy atom. The van der Waals surface area contributed by atoms with Gasteiger partial charge in [-0.1, -0.05) is 19.4 Å². The Morgan fingerprint density at radius 2 is 2.00 bits per heavy atom. The summed E-state index contributed by atoms with van der Waals surface area (Å²) in [6, 6.07) is 0. The van der Waals surface area contributed by atoms with Gasteiger partial charge in [0.2, 0.25) is 0 Å². The van der Waals surface area contributed by atoms with Crippen molar-refractivity contribution in [2.75, 3.05) is 46.8 Å². The van der Waals surface area contributed by atoms with Gasteiger partial charge in [0.15, 0.2) is 5.96 Å². The molecule has 0 aromatic heterocycles. The summed E-state index contributed by atoms with van der Waals surface area (Å²) < 4.78 is 0. The van der Waals surface area contributed by atoms with Crippen LogP contribution in [0.4, 0.5) is 0 Å². The van der Waals surface area contributed by atoms with Crippen molar-refractivity contribution < 1.29 is 0 Å². The molecule has 0 amide bonds. The Bertz CT molecular complexity index is 327. The molecule has 23 heavy (non-hydrogen) atoms. The SMILES string of the molecule is C=CCCCCCN(C)C(=NC)NCC(C)CN1CCCC1.I. The van der Waals surface area contributed by atoms with Gasteiger partial charge in [-0.25, -0.2) is 0 Å². The largest absolute Gasteiger partial charge is 0.356 e. The van der Waals surface area contributed by atoms with Gasteiger partial charge in [-0.2, -0.15) is 0 Å². The molecule has 1 atom stereocenters. The van der Waals surface area contributed by atoms with Crippen LogP contribution < -0.4 is 5.32 Å². The molecule has 4 nitrogen and oxygen atoms in total. The summed E-state index contributed by atoms with van der Waals surface area (Å²) in [7, 11) is 4.01. The molecule has 1 heterocycles. The number of guanidine groups is 1. The lowest BCUT2D eigenvalue weighted by Gasteiger charge is -2.25. The molecule has 0 bridgehead atoms. The number of likely N-dealkylation sites (tertiary alicyclic amines) is 1. The maximum atomic E-state index is 4.41. The number of halogens is 1. The first-order valence-electron chi connectivity index (χ1n) is 8.92. The van der Waals surface area contributed by atoms with E-state index in [2.05, 4.69) is 40.7 Å². The summed E-state index contributed by atoms with van der Waals surface area (Å²) in [6.07, 6.45) is 9.60. The summed E-state index contributed by atoms with van der Waals surface area (Å²) >= 11 is 0. The number of hydrogen-bond donors (Lipinski definition) is 1. The Morgan fingerprint density at radius 3 is 2.61 bits per heavy atom. The second-order valence-electron chi connectivity index (χ2n) is 6.60. The standard InChI is InChI=1S/C18H36N4.HI/c1-5-6-7-8-9-12-21(4)18(19-3)20-15-17(2)16-22-13-10-11-14-22;/h5,17H,1,6-16H2,2-4H3,(H,19,20);1H. The van der Waals surface area contributed by atoms with Crippen LogP contribution in [0.2, 0.25) is 0 Å². The highest BCUT2D eigenvalue weighted by Crippen LogP contribution is 2.09. The van der Waals surface area contributed by atoms with Gasteiger partial charge in [0.25, 0.3) is 0 Å². The van der Waals surface area contributed by atoms with E-state index in [0.29, 0.717) is 5.92 Å². The molecular formula is C18H37IN4. The minimum Gasteiger partial charge on any atom is -0.356 e. The van der Waals surface area contributed by atoms with Crippen LogP contribution in [-0.4, -0.2) is 62.6 Å². The quantitative estimate of drug-likeness (QED) is 0.187. The molecule has 1 fully saturated rings. The number of rotatable bonds is 10. The fourth-order valence-corrected chi connectivity index (χ4v) is 3.04. The van der Waals surface area contributed by atoms with Gasteiger partial charge in [-0.3, -0.25) is 4.99 Å². The Labute approximate surface area is 160 Å². The highest BCUT2D eigenvalue weighted by Gasteiger charge is 2.15. The predicted molar refractivity (Wildman–Crippen MR) is 113 cm³/mol. The lowest BCUT2D eigenvalue weighted by Crippen LogP contribution is -2.42. The molecule has 0 radical (unpaired) electrons. The van der Waals surface area contributed by atoms with Crippen LogP contribution in [0.1, 0.15) is 45.4 Å². The normalized spacial score (nSPS) is 16.7. The van der Waals surface area contributed by atoms with Crippen molar-refractivity contribution in [2.24, 2.45) is 10.9 Å². The van der Waals surface area contributed by atoms with E-state index >= 15 is 0 Å². The van der Waals surface area contributed by atoms with E-state index in [9.17, 15) is 0 Å². The predicted octanol–water partition coefficient (Wildman–Crippen LogP) is 3.59. The molecule has 1 unspecified atom stereocenters. The number of unbranched alkanes of at least 4 members (excludes halogenated alkanes) is 3. The summed E-state index contributed by atoms with van der Waals surface area (Å²) in [4.78, 5) is 9.24. The van der Waals surface area contributed by atoms with Gasteiger partial charge >= 0.3 is 0 Å². The van der Waals surface area contributed by atoms with Crippen LogP contribution in [-0.2, 0) is 0 Å². The zero-order chi connectivity index (χ0) is 16.2. The number of aliphatic imine (C=N–C) groups is 1. The van der Waals surface area contributed by atoms with Crippen LogP contribution in [0.15, 0.2) is 17.6 Å². The topological polar surface area (TPSA) is 30.9 Å². The molecule has 1 aliphatic rings. The van der Waals surface area contributed by atoms with Crippen molar-refractivity contribution >= 4 is 29.9 Å². The lowest BCUT2D eigenvalue weighted by molar-refractivity contribution is 0.286. The second kappa shape index (κ2) is 14.1. The number of nitrogens with zero attached hydrogens (tertiary/aromatic N) is 3. The molecule has 136 valence electrons. The summed E-state index contributed by atoms with van der Waals surface area (Å²) in [5.74, 6) is 1.69. The molecule has 1 rings (SSSR count). The third-order valence-corrected chi connectivity index (χ3v) is 4.35. The van der Waals surface area contributed by atoms with Gasteiger partial charge in [0.1, 0.15) is 0 Å². The van der Waals surface area contributed by atoms with Crippen molar-refractivity contribution in [1.82, 2.24) is 15.1 Å². The highest BCUT2D eigenvalue weighted by molar-refractivity contribution is 14.0. The lowest BCUT2D eigenvalue weighted by atomic mass is 10.1. The molecule has 0 aliphatic carbocycles. The van der Waals surface area contributed by atoms with Gasteiger partial charge in [-0.05, 0) is 51.1 Å². The fourth-order valence-electron chi connectivity index (χ4n) is 3.04. The van der Waals surface area contributed by atoms with Crippen molar-refractivity contribution in [3.63, 3.8) is 0 Å². The number of nitrogens with one attached hydrogen (secondary N) is 1. The van der Waals surface area contributed by atoms with Crippen molar-refractivity contribution in [1.29, 1.82) is 0 Å². The minimum atomic E-state index is 0. The average Bonchev–Trinajstić information content (AvgIpc) is 3.00. The average molecular weight is 436 g/mol. The number of hydrogen-bond acceptors (Lipinski definition) is 2. The molecular weight excluding hydrogens is 399 g/mol. The van der Waals surface area contributed by atoms with Crippen LogP contribution in [0.3, 0.4) is 0 Å². The van der Waals surface area contributed by atoms with E-state index in [0.717, 1.165) is 25.5 Å². The van der Waals surface area contributed by atoms with Gasteiger partial charge in [0.05, 0.1) is 0 Å². The molecule has 1 saturated heterocycles. The molecule has 0 saturated carbocycles. The monoisotopic (exact) mass is 436 g/mol. The number of allylic oxidation sites excluding steroid dienone is 1. The van der Waals surface area contributed by atoms with E-state index in [4.69, 9.17) is 0 Å². The van der Waals surface area contributed by atoms with Gasteiger partial charge in [-0.15, -0.1) is 30.6 Å². The molecule has 0 aromatic carbocycles. The minimum absolute atomic E-state index is 0. The third kappa shape index (κ3) is 10.2. The Hall–Kier alpha value is -0.300. The first-order valence-corrected chi connectivity index (χ1v) is 8.92. The van der Waals surface area contributed by atoms with Crippen LogP contribution in [0.25, 0.3) is 0 Å². The van der Waals surface area contributed by atoms with E-state index in [1.807, 2.05) is 13.1 Å². The van der Waals surface area contributed by atoms with E-state index in [-0.39, 0.29) is 24.0 Å². The first-order chi connectivity index (χ1) is 10.7. The van der Waals surface area contributed by atoms with Crippen molar-refractivity contribution in [3.8, 4) is 0 Å². The summed E-state index contributed by atoms with van der Waals surface area (Å²) in [5.41, 5.74) is 0. The fraction of sp³-hybridized carbons (Fsp3) is 0.833. The Balaban J connectivity index is 0.00000484. The zero-order valence-electron chi connectivity index (χ0n) is 15.4. The van der Waals surface area contributed by atoms with Gasteiger partial charge < -0.3 is 15.1 Å². The Kier molecular flexibility index (Phi) is 13.9. The molecule has 0 spiro atoms. The maximum absolute atomic E-state index is 4.41. The van der Waals surface area contributed by atoms with Crippen molar-refractivity contribution in [3.05, 3.63) is 12.7 Å². The maximum Gasteiger partial charge on any atom is 0.193 e. The molecule has 5 heteroatoms. The van der Waals surface area contributed by atoms with Crippen molar-refractivity contribution in [2.45, 2.75) is 45.4 Å². The zero-order valence-corrected chi connectivity index (χ0v) is 17.7. The summed E-state index contributed by atoms with van der Waals surface area (Å²) in [6.45, 7) is 11.9. The molecule has 1 N–H and O–H groups in total. The van der Waals surface area contributed by atoms with Crippen LogP contribution in [0.5, 0.6) is 0 Å². The molecule has 1 aliphatic heterocycles. The smallest absolute Gasteiger partial charge is 0.193 e. The van der Waals surface area contributed by atoms with E-state index in [1.54, 1.807) is 0 Å².